The molecule has 44 heteroatoms. The van der Waals surface area contributed by atoms with Gasteiger partial charge in [0.15, 0.2) is 0 Å². The van der Waals surface area contributed by atoms with E-state index in [9.17, 15) is 62.6 Å². The number of aromatic nitrogens is 12. The largest absolute Gasteiger partial charge is 0.480 e. The fraction of sp³-hybridized carbons (Fsp3) is 0.228. The van der Waals surface area contributed by atoms with Crippen molar-refractivity contribution in [1.29, 1.82) is 0 Å². The normalized spacial score (nSPS) is 13.0. The molecule has 14 heterocycles. The number of aliphatic carboxylic acids is 2. The van der Waals surface area contributed by atoms with Crippen molar-refractivity contribution < 1.29 is 82.0 Å². The molecule has 0 saturated carbocycles. The molecular weight excluding hydrogens is 2010 g/mol. The van der Waals surface area contributed by atoms with Gasteiger partial charge < -0.3 is 96.4 Å². The number of pyridine rings is 6. The van der Waals surface area contributed by atoms with E-state index in [2.05, 4.69) is 97.0 Å². The van der Waals surface area contributed by atoms with E-state index in [1.54, 1.807) is 111 Å². The molecule has 2 fully saturated rings. The van der Waals surface area contributed by atoms with Crippen LogP contribution in [-0.4, -0.2) is 240 Å². The Morgan fingerprint density at radius 2 is 0.676 bits per heavy atom. The third-order valence-electron chi connectivity index (χ3n) is 22.1. The fourth-order valence-electron chi connectivity index (χ4n) is 15.0. The van der Waals surface area contributed by atoms with E-state index in [0.29, 0.717) is 127 Å². The number of ether oxygens (including phenoxy) is 3. The Morgan fingerprint density at radius 3 is 1.00 bits per heavy atom. The second kappa shape index (κ2) is 52.6. The number of carboxylic acid groups (broad SMARTS) is 2. The lowest BCUT2D eigenvalue weighted by Crippen LogP contribution is -2.51. The Hall–Kier alpha value is -15.3. The number of hydrogen-bond acceptors (Lipinski definition) is 22. The highest BCUT2D eigenvalue weighted by Crippen LogP contribution is 2.27. The molecule has 145 heavy (non-hydrogen) atoms. The lowest BCUT2D eigenvalue weighted by Gasteiger charge is -2.30. The zero-order chi connectivity index (χ0) is 103. The molecule has 12 aromatic heterocycles. The number of carbonyl (C=O) groups is 12. The molecule has 4 atom stereocenters. The maximum Gasteiger partial charge on any atom is 0.328 e. The number of esters is 2. The van der Waals surface area contributed by atoms with Gasteiger partial charge in [-0.2, -0.15) is 11.8 Å². The van der Waals surface area contributed by atoms with Crippen LogP contribution in [0.3, 0.4) is 0 Å². The predicted molar refractivity (Wildman–Crippen MR) is 551 cm³/mol. The van der Waals surface area contributed by atoms with Crippen LogP contribution in [0, 0.1) is 0 Å². The topological polar surface area (TPSA) is 533 Å². The summed E-state index contributed by atoms with van der Waals surface area (Å²) in [6.45, 7) is 6.05. The van der Waals surface area contributed by atoms with Crippen molar-refractivity contribution in [1.82, 2.24) is 102 Å². The van der Waals surface area contributed by atoms with Gasteiger partial charge in [-0.05, 0) is 122 Å². The van der Waals surface area contributed by atoms with Gasteiger partial charge in [0, 0.05) is 102 Å². The van der Waals surface area contributed by atoms with Gasteiger partial charge in [0.1, 0.15) is 102 Å². The van der Waals surface area contributed by atoms with Crippen molar-refractivity contribution in [2.45, 2.75) is 82.6 Å². The Balaban J connectivity index is 0.000000147. The monoisotopic (exact) mass is 2100 g/mol. The number of halogens is 6. The van der Waals surface area contributed by atoms with Gasteiger partial charge in [-0.3, -0.25) is 47.9 Å². The molecule has 18 rings (SSSR count). The molecule has 0 aliphatic carbocycles. The Labute approximate surface area is 861 Å². The van der Waals surface area contributed by atoms with Crippen molar-refractivity contribution >= 4 is 218 Å². The molecule has 0 bridgehead atoms. The fourth-order valence-corrected chi connectivity index (χ4v) is 16.9. The number of amides is 8. The molecule has 0 spiro atoms. The van der Waals surface area contributed by atoms with Gasteiger partial charge >= 0.3 is 23.9 Å². The van der Waals surface area contributed by atoms with Crippen LogP contribution >= 0.6 is 81.4 Å². The number of carboxylic acids is 2. The molecule has 4 aromatic carbocycles. The number of benzene rings is 4. The number of carbonyl (C=O) groups excluding carboxylic acids is 10. The Morgan fingerprint density at radius 1 is 0.386 bits per heavy atom. The van der Waals surface area contributed by atoms with Gasteiger partial charge in [-0.15, -0.1) is 0 Å². The van der Waals surface area contributed by atoms with Crippen LogP contribution in [0.4, 0.5) is 0 Å². The van der Waals surface area contributed by atoms with Crippen molar-refractivity contribution in [2.75, 3.05) is 64.1 Å². The van der Waals surface area contributed by atoms with E-state index in [1.165, 1.54) is 12.4 Å². The average Bonchev–Trinajstić information content (AvgIpc) is 1.71. The molecule has 750 valence electrons. The number of H-pyrrole nitrogens is 6. The van der Waals surface area contributed by atoms with E-state index >= 15 is 0 Å². The summed E-state index contributed by atoms with van der Waals surface area (Å²) >= 11 is 36.9. The quantitative estimate of drug-likeness (QED) is 0.0153. The average molecular weight is 2110 g/mol. The SMILES string of the molecule is CCOC(=O)CNC(=O)c1cc2cc(Cl)ncc2[nH]1.CCOC(=O)[C@H](Cc1ccccc1)NC(=O)c1cc2cc(Cl)ncc2[nH]1.O=C(N[C@@H](Cc1ccccc1)C(=O)N1CCSCC1)c1cc2cc(Cl)ncc2[nH]1.O=C(N[C@@H](Cc1ccccc1)C(=O)NC1CCOCC1)c1cc2cc(Cl)ncc2[nH]1.O=C(N[C@@H](Cc1ccccc1)C(=O)O)c1cc2cc(Cl)ncc2[nH]1.O=C(O)CNC(=O)c1cc2cc(Cl)ncc2[nH]1. The summed E-state index contributed by atoms with van der Waals surface area (Å²) in [5, 5.41) is 43.3. The van der Waals surface area contributed by atoms with Crippen LogP contribution in [-0.2, 0) is 68.7 Å². The molecule has 16 aromatic rings. The number of nitrogens with one attached hydrogen (secondary N) is 13. The van der Waals surface area contributed by atoms with Crippen LogP contribution in [0.5, 0.6) is 0 Å². The van der Waals surface area contributed by atoms with Crippen LogP contribution in [0.2, 0.25) is 30.9 Å². The minimum Gasteiger partial charge on any atom is -0.480 e. The van der Waals surface area contributed by atoms with E-state index in [1.807, 2.05) is 138 Å². The molecular formula is C101H96Cl6N20O17S. The number of hydrogen-bond donors (Lipinski definition) is 15. The summed E-state index contributed by atoms with van der Waals surface area (Å²) in [6.07, 6.45) is 12.2. The first-order valence-corrected chi connectivity index (χ1v) is 48.7. The van der Waals surface area contributed by atoms with Gasteiger partial charge in [0.2, 0.25) is 11.8 Å². The number of rotatable bonds is 29. The molecule has 8 amide bonds. The van der Waals surface area contributed by atoms with E-state index in [-0.39, 0.29) is 73.1 Å². The van der Waals surface area contributed by atoms with Crippen LogP contribution in [0.25, 0.3) is 65.4 Å². The standard InChI is InChI=1S/C22H23ClN4O3.C21H21ClN4O2S.C19H18ClN3O3.C17H14ClN3O3.C12H12ClN3O3.C10H8ClN3O3/c23-20-12-15-11-18(26-19(15)13-24-20)22(29)27-17(10-14-4-2-1-3-5-14)21(28)25-16-6-8-30-9-7-16;22-19-12-15-11-16(24-18(15)13-23-19)20(27)25-17(10-14-4-2-1-3-5-14)21(28)26-6-8-29-9-7-26;1-2-26-19(25)15(8-12-6-4-3-5-7-12)23-18(24)14-9-13-10-17(20)21-11-16(13)22-14;18-15-8-11-7-12(20-14(11)9-19-15)16(22)21-13(17(23)24)6-10-4-2-1-3-5-10;1-2-19-11(17)6-15-12(18)8-3-7-4-10(13)14-5-9(7)16-8;11-8-2-5-1-6(14-7(5)3-12-8)10(17)13-4-9(15)16/h1-5,11-13,16-17,26H,6-10H2,(H,25,28)(H,27,29);1-5,11-13,17,24H,6-10H2,(H,25,27);3-7,9-11,15,22H,2,8H2,1H3,(H,23,24);1-5,7-9,13,20H,6H2,(H,21,22)(H,23,24);3-5,16H,2,6H2,1H3,(H,15,18);1-3,14H,4H2,(H,13,17)(H,15,16)/t2*17-;15-;13-;;/m0000../s1. The highest BCUT2D eigenvalue weighted by Gasteiger charge is 2.32. The lowest BCUT2D eigenvalue weighted by atomic mass is 10.0. The molecule has 2 aliphatic heterocycles. The van der Waals surface area contributed by atoms with Gasteiger partial charge in [-0.25, -0.2) is 39.5 Å². The smallest absolute Gasteiger partial charge is 0.328 e. The number of aromatic amines is 6. The third kappa shape index (κ3) is 31.9. The predicted octanol–water partition coefficient (Wildman–Crippen LogP) is 14.3. The summed E-state index contributed by atoms with van der Waals surface area (Å²) in [7, 11) is 0. The lowest BCUT2D eigenvalue weighted by molar-refractivity contribution is -0.145. The zero-order valence-electron chi connectivity index (χ0n) is 77.5. The number of nitrogens with zero attached hydrogens (tertiary/aromatic N) is 7. The minimum absolute atomic E-state index is 0.0386. The highest BCUT2D eigenvalue weighted by molar-refractivity contribution is 7.99. The third-order valence-corrected chi connectivity index (χ3v) is 24.3. The molecule has 37 nitrogen and oxygen atoms in total. The second-order valence-corrected chi connectivity index (χ2v) is 36.1. The van der Waals surface area contributed by atoms with Gasteiger partial charge in [-0.1, -0.05) is 191 Å². The van der Waals surface area contributed by atoms with E-state index in [4.69, 9.17) is 88.9 Å². The van der Waals surface area contributed by atoms with Crippen molar-refractivity contribution in [3.8, 4) is 0 Å². The Kier molecular flexibility index (Phi) is 38.8. The summed E-state index contributed by atoms with van der Waals surface area (Å²) in [5.74, 6) is -3.96. The van der Waals surface area contributed by atoms with E-state index < -0.39 is 72.3 Å². The summed E-state index contributed by atoms with van der Waals surface area (Å²) < 4.78 is 15.2. The van der Waals surface area contributed by atoms with Crippen molar-refractivity contribution in [2.24, 2.45) is 0 Å². The van der Waals surface area contributed by atoms with E-state index in [0.717, 1.165) is 84.4 Å². The van der Waals surface area contributed by atoms with Crippen LogP contribution < -0.4 is 37.2 Å². The maximum absolute atomic E-state index is 13.2. The first-order chi connectivity index (χ1) is 69.9. The molecule has 0 unspecified atom stereocenters. The maximum atomic E-state index is 13.2. The number of thioether (sulfide) groups is 1. The first kappa shape index (κ1) is 107. The first-order valence-electron chi connectivity index (χ1n) is 45.3. The minimum atomic E-state index is -1.10. The zero-order valence-corrected chi connectivity index (χ0v) is 82.8. The summed E-state index contributed by atoms with van der Waals surface area (Å²) in [5.41, 5.74) is 9.78. The Bertz CT molecular complexity index is 7270. The van der Waals surface area contributed by atoms with Gasteiger partial charge in [0.25, 0.3) is 35.4 Å². The molecule has 2 saturated heterocycles. The second-order valence-electron chi connectivity index (χ2n) is 32.5. The van der Waals surface area contributed by atoms with Crippen molar-refractivity contribution in [3.05, 3.63) is 319 Å². The van der Waals surface area contributed by atoms with Crippen molar-refractivity contribution in [3.63, 3.8) is 0 Å². The van der Waals surface area contributed by atoms with Gasteiger partial charge in [0.05, 0.1) is 83.5 Å². The molecule has 2 aliphatic rings. The number of fused-ring (bicyclic) bond motifs is 6. The summed E-state index contributed by atoms with van der Waals surface area (Å²) in [6, 6.07) is 54.8. The highest BCUT2D eigenvalue weighted by atomic mass is 35.5. The summed E-state index contributed by atoms with van der Waals surface area (Å²) in [4.78, 5) is 189. The molecule has 15 N–H and O–H groups in total. The van der Waals surface area contributed by atoms with Crippen LogP contribution in [0.15, 0.2) is 231 Å². The molecule has 0 radical (unpaired) electrons. The van der Waals surface area contributed by atoms with Crippen LogP contribution in [0.1, 0.15) is 112 Å².